The van der Waals surface area contributed by atoms with Crippen LogP contribution in [0.5, 0.6) is 0 Å². The molecule has 0 aromatic heterocycles. The summed E-state index contributed by atoms with van der Waals surface area (Å²) in [6.45, 7) is 9.68. The molecule has 0 bridgehead atoms. The first-order chi connectivity index (χ1) is 13.7. The average molecular weight is 403 g/mol. The van der Waals surface area contributed by atoms with Gasteiger partial charge in [-0.25, -0.2) is 0 Å². The van der Waals surface area contributed by atoms with Gasteiger partial charge in [-0.1, -0.05) is 34.9 Å². The Balaban J connectivity index is 1.84. The summed E-state index contributed by atoms with van der Waals surface area (Å²) in [5.74, 6) is -0.604. The lowest BCUT2D eigenvalue weighted by molar-refractivity contribution is -0.140. The molecule has 29 heavy (non-hydrogen) atoms. The van der Waals surface area contributed by atoms with Crippen LogP contribution in [0.15, 0.2) is 46.6 Å². The summed E-state index contributed by atoms with van der Waals surface area (Å²) in [6, 6.07) is 0. The van der Waals surface area contributed by atoms with Crippen LogP contribution >= 0.6 is 0 Å². The van der Waals surface area contributed by atoms with Crippen LogP contribution in [0.1, 0.15) is 66.7 Å². The van der Waals surface area contributed by atoms with Gasteiger partial charge >= 0.3 is 5.97 Å². The summed E-state index contributed by atoms with van der Waals surface area (Å²) in [5, 5.41) is 10.4. The Hall–Kier alpha value is -1.98. The number of aliphatic hydroxyl groups excluding tert-OH is 1. The van der Waals surface area contributed by atoms with Crippen LogP contribution in [0.4, 0.5) is 0 Å². The molecule has 1 fully saturated rings. The third-order valence-electron chi connectivity index (χ3n) is 5.46. The fraction of sp³-hybridized carbons (Fsp3) is 0.583. The van der Waals surface area contributed by atoms with E-state index in [2.05, 4.69) is 39.8 Å². The molecule has 1 heterocycles. The Bertz CT molecular complexity index is 751. The van der Waals surface area contributed by atoms with E-state index in [4.69, 9.17) is 9.47 Å². The first-order valence-corrected chi connectivity index (χ1v) is 10.3. The summed E-state index contributed by atoms with van der Waals surface area (Å²) < 4.78 is 10.5. The number of carbonyl (C=O) groups excluding carboxylic acids is 2. The molecule has 2 aliphatic rings. The normalized spacial score (nSPS) is 26.6. The van der Waals surface area contributed by atoms with Gasteiger partial charge in [-0.05, 0) is 59.5 Å². The highest BCUT2D eigenvalue weighted by Gasteiger charge is 2.66. The van der Waals surface area contributed by atoms with Crippen molar-refractivity contribution in [2.24, 2.45) is 0 Å². The quantitative estimate of drug-likeness (QED) is 0.334. The van der Waals surface area contributed by atoms with Crippen molar-refractivity contribution in [3.8, 4) is 0 Å². The van der Waals surface area contributed by atoms with Crippen molar-refractivity contribution >= 4 is 11.8 Å². The van der Waals surface area contributed by atoms with Gasteiger partial charge in [0.25, 0.3) is 0 Å². The van der Waals surface area contributed by atoms with Gasteiger partial charge in [0.05, 0.1) is 0 Å². The molecule has 0 spiro atoms. The lowest BCUT2D eigenvalue weighted by Gasteiger charge is -2.20. The molecule has 0 amide bonds. The Labute approximate surface area is 174 Å². The molecule has 1 N–H and O–H groups in total. The molecule has 1 saturated heterocycles. The zero-order valence-electron chi connectivity index (χ0n) is 18.3. The SMILES string of the molecule is CC(=O)OCC1=CC(=O)[C@@]2(C/C=C(\C)CC/C=C(\C)CCC=C(C)C)O[C@H]2[C@H]1O. The summed E-state index contributed by atoms with van der Waals surface area (Å²) in [6.07, 6.45) is 11.0. The summed E-state index contributed by atoms with van der Waals surface area (Å²) in [7, 11) is 0. The van der Waals surface area contributed by atoms with E-state index in [1.807, 2.05) is 6.08 Å². The minimum absolute atomic E-state index is 0.0770. The van der Waals surface area contributed by atoms with Crippen molar-refractivity contribution < 1.29 is 24.2 Å². The smallest absolute Gasteiger partial charge is 0.302 e. The van der Waals surface area contributed by atoms with E-state index < -0.39 is 23.8 Å². The molecule has 3 atom stereocenters. The number of hydrogen-bond acceptors (Lipinski definition) is 5. The number of ether oxygens (including phenoxy) is 2. The van der Waals surface area contributed by atoms with Gasteiger partial charge < -0.3 is 14.6 Å². The highest BCUT2D eigenvalue weighted by Crippen LogP contribution is 2.48. The van der Waals surface area contributed by atoms with Gasteiger partial charge in [-0.3, -0.25) is 9.59 Å². The molecule has 0 saturated carbocycles. The second-order valence-corrected chi connectivity index (χ2v) is 8.40. The van der Waals surface area contributed by atoms with Crippen molar-refractivity contribution in [2.75, 3.05) is 6.61 Å². The van der Waals surface area contributed by atoms with Gasteiger partial charge in [0.15, 0.2) is 11.4 Å². The van der Waals surface area contributed by atoms with Crippen LogP contribution in [0, 0.1) is 0 Å². The Kier molecular flexibility index (Phi) is 8.17. The molecular formula is C24H34O5. The van der Waals surface area contributed by atoms with Crippen LogP contribution < -0.4 is 0 Å². The molecule has 5 nitrogen and oxygen atoms in total. The van der Waals surface area contributed by atoms with Crippen LogP contribution in [-0.2, 0) is 19.1 Å². The Morgan fingerprint density at radius 3 is 2.34 bits per heavy atom. The topological polar surface area (TPSA) is 76.1 Å². The van der Waals surface area contributed by atoms with Crippen LogP contribution in [0.2, 0.25) is 0 Å². The fourth-order valence-corrected chi connectivity index (χ4v) is 3.52. The van der Waals surface area contributed by atoms with Crippen molar-refractivity contribution in [2.45, 2.75) is 84.5 Å². The first-order valence-electron chi connectivity index (χ1n) is 10.3. The maximum absolute atomic E-state index is 12.5. The zero-order valence-corrected chi connectivity index (χ0v) is 18.3. The van der Waals surface area contributed by atoms with Crippen molar-refractivity contribution in [1.82, 2.24) is 0 Å². The number of allylic oxidation sites excluding steroid dienone is 5. The zero-order chi connectivity index (χ0) is 21.6. The number of ketones is 1. The third kappa shape index (κ3) is 6.51. The predicted octanol–water partition coefficient (Wildman–Crippen LogP) is 4.37. The van der Waals surface area contributed by atoms with E-state index >= 15 is 0 Å². The van der Waals surface area contributed by atoms with Gasteiger partial charge in [0.1, 0.15) is 18.8 Å². The number of esters is 1. The number of aliphatic hydroxyl groups is 1. The monoisotopic (exact) mass is 402 g/mol. The average Bonchev–Trinajstić information content (AvgIpc) is 3.38. The van der Waals surface area contributed by atoms with Gasteiger partial charge in [0.2, 0.25) is 0 Å². The van der Waals surface area contributed by atoms with Crippen LogP contribution in [0.3, 0.4) is 0 Å². The molecule has 5 heteroatoms. The minimum Gasteiger partial charge on any atom is -0.461 e. The molecule has 1 aliphatic carbocycles. The Morgan fingerprint density at radius 2 is 1.72 bits per heavy atom. The second kappa shape index (κ2) is 10.2. The van der Waals surface area contributed by atoms with E-state index in [0.29, 0.717) is 12.0 Å². The summed E-state index contributed by atoms with van der Waals surface area (Å²) >= 11 is 0. The van der Waals surface area contributed by atoms with Crippen molar-refractivity contribution in [3.63, 3.8) is 0 Å². The third-order valence-corrected chi connectivity index (χ3v) is 5.46. The lowest BCUT2D eigenvalue weighted by Crippen LogP contribution is -2.38. The van der Waals surface area contributed by atoms with E-state index in [1.165, 1.54) is 29.7 Å². The fourth-order valence-electron chi connectivity index (χ4n) is 3.52. The number of fused-ring (bicyclic) bond motifs is 1. The largest absolute Gasteiger partial charge is 0.461 e. The molecule has 0 aromatic carbocycles. The lowest BCUT2D eigenvalue weighted by atomic mass is 9.84. The number of hydrogen-bond donors (Lipinski definition) is 1. The molecule has 1 aliphatic heterocycles. The predicted molar refractivity (Wildman–Crippen MR) is 113 cm³/mol. The molecular weight excluding hydrogens is 368 g/mol. The Morgan fingerprint density at radius 1 is 1.10 bits per heavy atom. The molecule has 2 rings (SSSR count). The van der Waals surface area contributed by atoms with Gasteiger partial charge in [-0.2, -0.15) is 0 Å². The molecule has 0 radical (unpaired) electrons. The minimum atomic E-state index is -0.948. The maximum Gasteiger partial charge on any atom is 0.302 e. The van der Waals surface area contributed by atoms with E-state index in [9.17, 15) is 14.7 Å². The molecule has 160 valence electrons. The summed E-state index contributed by atoms with van der Waals surface area (Å²) in [5.41, 5.74) is 3.41. The highest BCUT2D eigenvalue weighted by atomic mass is 16.6. The summed E-state index contributed by atoms with van der Waals surface area (Å²) in [4.78, 5) is 23.5. The molecule has 0 unspecified atom stereocenters. The number of rotatable bonds is 10. The van der Waals surface area contributed by atoms with Crippen molar-refractivity contribution in [1.29, 1.82) is 0 Å². The second-order valence-electron chi connectivity index (χ2n) is 8.40. The van der Waals surface area contributed by atoms with E-state index in [-0.39, 0.29) is 12.4 Å². The van der Waals surface area contributed by atoms with Crippen LogP contribution in [-0.4, -0.2) is 41.3 Å². The van der Waals surface area contributed by atoms with Crippen LogP contribution in [0.25, 0.3) is 0 Å². The van der Waals surface area contributed by atoms with Gasteiger partial charge in [0, 0.05) is 18.9 Å². The highest BCUT2D eigenvalue weighted by molar-refractivity contribution is 6.02. The number of carbonyl (C=O) groups is 2. The maximum atomic E-state index is 12.5. The van der Waals surface area contributed by atoms with E-state index in [0.717, 1.165) is 25.7 Å². The number of epoxide rings is 1. The standard InChI is InChI=1S/C24H34O5/c1-16(2)8-6-9-17(3)10-7-11-18(4)12-13-24-21(26)14-20(15-28-19(5)25)22(27)23(24)29-24/h8,10,12,14,22-23,27H,6-7,9,11,13,15H2,1-5H3/b17-10+,18-12+/t22-,23-,24+/m0/s1. The van der Waals surface area contributed by atoms with Crippen molar-refractivity contribution in [3.05, 3.63) is 46.6 Å². The van der Waals surface area contributed by atoms with E-state index in [1.54, 1.807) is 0 Å². The molecule has 0 aromatic rings. The first kappa shape index (κ1) is 23.3. The van der Waals surface area contributed by atoms with Gasteiger partial charge in [-0.15, -0.1) is 0 Å².